The first-order valence-corrected chi connectivity index (χ1v) is 6.60. The second-order valence-corrected chi connectivity index (χ2v) is 5.19. The number of aryl methyl sites for hydroxylation is 2. The molecule has 2 heterocycles. The third-order valence-electron chi connectivity index (χ3n) is 3.57. The van der Waals surface area contributed by atoms with Gasteiger partial charge in [0.15, 0.2) is 0 Å². The lowest BCUT2D eigenvalue weighted by Crippen LogP contribution is -2.33. The predicted octanol–water partition coefficient (Wildman–Crippen LogP) is 1.57. The van der Waals surface area contributed by atoms with Crippen LogP contribution in [-0.4, -0.2) is 40.4 Å². The summed E-state index contributed by atoms with van der Waals surface area (Å²) >= 11 is 6.28. The van der Waals surface area contributed by atoms with Crippen molar-refractivity contribution in [2.45, 2.75) is 32.9 Å². The maximum absolute atomic E-state index is 6.28. The molecule has 1 aromatic rings. The van der Waals surface area contributed by atoms with Crippen molar-refractivity contribution in [3.63, 3.8) is 0 Å². The molecule has 1 aromatic heterocycles. The zero-order chi connectivity index (χ0) is 12.4. The molecule has 1 N–H and O–H groups in total. The molecule has 1 atom stereocenters. The molecule has 1 fully saturated rings. The molecule has 17 heavy (non-hydrogen) atoms. The SMILES string of the molecule is Cc1nn(C)c(Cl)c1CN1CCNCCC1C. The van der Waals surface area contributed by atoms with Gasteiger partial charge in [0.25, 0.3) is 0 Å². The van der Waals surface area contributed by atoms with Crippen LogP contribution in [0.4, 0.5) is 0 Å². The Bertz CT molecular complexity index is 388. The molecule has 1 saturated heterocycles. The van der Waals surface area contributed by atoms with Gasteiger partial charge >= 0.3 is 0 Å². The monoisotopic (exact) mass is 256 g/mol. The molecule has 0 saturated carbocycles. The maximum atomic E-state index is 6.28. The van der Waals surface area contributed by atoms with E-state index in [1.54, 1.807) is 4.68 Å². The molecule has 0 spiro atoms. The molecule has 1 unspecified atom stereocenters. The van der Waals surface area contributed by atoms with Crippen molar-refractivity contribution in [3.8, 4) is 0 Å². The van der Waals surface area contributed by atoms with Crippen LogP contribution < -0.4 is 5.32 Å². The lowest BCUT2D eigenvalue weighted by atomic mass is 10.1. The van der Waals surface area contributed by atoms with Crippen LogP contribution in [0.15, 0.2) is 0 Å². The van der Waals surface area contributed by atoms with E-state index in [4.69, 9.17) is 11.6 Å². The molecule has 0 aromatic carbocycles. The van der Waals surface area contributed by atoms with Gasteiger partial charge in [0, 0.05) is 38.3 Å². The van der Waals surface area contributed by atoms with E-state index in [0.29, 0.717) is 6.04 Å². The average molecular weight is 257 g/mol. The minimum Gasteiger partial charge on any atom is -0.315 e. The fraction of sp³-hybridized carbons (Fsp3) is 0.750. The average Bonchev–Trinajstić information content (AvgIpc) is 2.45. The summed E-state index contributed by atoms with van der Waals surface area (Å²) in [6, 6.07) is 0.598. The maximum Gasteiger partial charge on any atom is 0.131 e. The number of hydrogen-bond donors (Lipinski definition) is 1. The zero-order valence-electron chi connectivity index (χ0n) is 10.8. The van der Waals surface area contributed by atoms with E-state index in [1.165, 1.54) is 12.0 Å². The summed E-state index contributed by atoms with van der Waals surface area (Å²) in [7, 11) is 1.90. The van der Waals surface area contributed by atoms with Crippen LogP contribution in [0.1, 0.15) is 24.6 Å². The molecule has 4 nitrogen and oxygen atoms in total. The van der Waals surface area contributed by atoms with Crippen LogP contribution in [-0.2, 0) is 13.6 Å². The molecular formula is C12H21ClN4. The highest BCUT2D eigenvalue weighted by molar-refractivity contribution is 6.30. The van der Waals surface area contributed by atoms with Gasteiger partial charge in [-0.05, 0) is 26.8 Å². The molecule has 0 bridgehead atoms. The summed E-state index contributed by atoms with van der Waals surface area (Å²) in [5.41, 5.74) is 2.21. The van der Waals surface area contributed by atoms with E-state index in [0.717, 1.165) is 37.0 Å². The molecule has 0 aliphatic carbocycles. The van der Waals surface area contributed by atoms with Crippen molar-refractivity contribution >= 4 is 11.6 Å². The van der Waals surface area contributed by atoms with Crippen molar-refractivity contribution < 1.29 is 0 Å². The number of nitrogens with zero attached hydrogens (tertiary/aromatic N) is 3. The van der Waals surface area contributed by atoms with Crippen LogP contribution in [0.2, 0.25) is 5.15 Å². The van der Waals surface area contributed by atoms with E-state index in [2.05, 4.69) is 22.2 Å². The minimum absolute atomic E-state index is 0.598. The second kappa shape index (κ2) is 5.38. The number of nitrogens with one attached hydrogen (secondary N) is 1. The Labute approximate surface area is 108 Å². The fourth-order valence-electron chi connectivity index (χ4n) is 2.35. The van der Waals surface area contributed by atoms with Gasteiger partial charge in [-0.25, -0.2) is 0 Å². The molecule has 0 amide bonds. The Morgan fingerprint density at radius 2 is 2.24 bits per heavy atom. The Morgan fingerprint density at radius 3 is 2.88 bits per heavy atom. The molecule has 1 aliphatic heterocycles. The highest BCUT2D eigenvalue weighted by atomic mass is 35.5. The summed E-state index contributed by atoms with van der Waals surface area (Å²) in [6.07, 6.45) is 1.19. The number of hydrogen-bond acceptors (Lipinski definition) is 3. The second-order valence-electron chi connectivity index (χ2n) is 4.84. The smallest absolute Gasteiger partial charge is 0.131 e. The fourth-order valence-corrected chi connectivity index (χ4v) is 2.59. The standard InChI is InChI=1S/C12H21ClN4/c1-9-4-5-14-6-7-17(9)8-11-10(2)15-16(3)12(11)13/h9,14H,4-8H2,1-3H3. The van der Waals surface area contributed by atoms with E-state index in [1.807, 2.05) is 14.0 Å². The van der Waals surface area contributed by atoms with Gasteiger partial charge in [-0.2, -0.15) is 5.10 Å². The van der Waals surface area contributed by atoms with Crippen LogP contribution in [0.3, 0.4) is 0 Å². The van der Waals surface area contributed by atoms with Crippen molar-refractivity contribution in [3.05, 3.63) is 16.4 Å². The minimum atomic E-state index is 0.598. The third kappa shape index (κ3) is 2.81. The quantitative estimate of drug-likeness (QED) is 0.872. The van der Waals surface area contributed by atoms with Gasteiger partial charge in [-0.1, -0.05) is 11.6 Å². The number of aromatic nitrogens is 2. The Balaban J connectivity index is 2.13. The molecular weight excluding hydrogens is 236 g/mol. The molecule has 96 valence electrons. The Kier molecular flexibility index (Phi) is 4.07. The van der Waals surface area contributed by atoms with E-state index >= 15 is 0 Å². The molecule has 0 radical (unpaired) electrons. The normalized spacial score (nSPS) is 22.7. The highest BCUT2D eigenvalue weighted by Crippen LogP contribution is 2.22. The molecule has 2 rings (SSSR count). The molecule has 5 heteroatoms. The number of halogens is 1. The van der Waals surface area contributed by atoms with Gasteiger partial charge in [0.1, 0.15) is 5.15 Å². The van der Waals surface area contributed by atoms with Gasteiger partial charge < -0.3 is 5.32 Å². The topological polar surface area (TPSA) is 33.1 Å². The van der Waals surface area contributed by atoms with Crippen molar-refractivity contribution in [1.29, 1.82) is 0 Å². The van der Waals surface area contributed by atoms with Gasteiger partial charge in [0.05, 0.1) is 5.69 Å². The van der Waals surface area contributed by atoms with Crippen LogP contribution in [0.25, 0.3) is 0 Å². The lowest BCUT2D eigenvalue weighted by Gasteiger charge is -2.26. The van der Waals surface area contributed by atoms with Crippen LogP contribution >= 0.6 is 11.6 Å². The summed E-state index contributed by atoms with van der Waals surface area (Å²) in [5.74, 6) is 0. The van der Waals surface area contributed by atoms with Crippen molar-refractivity contribution in [2.24, 2.45) is 7.05 Å². The first kappa shape index (κ1) is 12.9. The molecule has 1 aliphatic rings. The predicted molar refractivity (Wildman–Crippen MR) is 70.3 cm³/mol. The Morgan fingerprint density at radius 1 is 1.47 bits per heavy atom. The largest absolute Gasteiger partial charge is 0.315 e. The summed E-state index contributed by atoms with van der Waals surface area (Å²) < 4.78 is 1.76. The Hall–Kier alpha value is -0.580. The third-order valence-corrected chi connectivity index (χ3v) is 4.04. The van der Waals surface area contributed by atoms with Gasteiger partial charge in [-0.3, -0.25) is 9.58 Å². The van der Waals surface area contributed by atoms with Gasteiger partial charge in [0.2, 0.25) is 0 Å². The van der Waals surface area contributed by atoms with Crippen LogP contribution in [0.5, 0.6) is 0 Å². The summed E-state index contributed by atoms with van der Waals surface area (Å²) in [4.78, 5) is 2.48. The van der Waals surface area contributed by atoms with E-state index < -0.39 is 0 Å². The first-order valence-electron chi connectivity index (χ1n) is 6.22. The van der Waals surface area contributed by atoms with Crippen LogP contribution in [0, 0.1) is 6.92 Å². The first-order chi connectivity index (χ1) is 8.09. The van der Waals surface area contributed by atoms with Crippen molar-refractivity contribution in [2.75, 3.05) is 19.6 Å². The lowest BCUT2D eigenvalue weighted by molar-refractivity contribution is 0.211. The highest BCUT2D eigenvalue weighted by Gasteiger charge is 2.20. The van der Waals surface area contributed by atoms with E-state index in [9.17, 15) is 0 Å². The number of rotatable bonds is 2. The van der Waals surface area contributed by atoms with E-state index in [-0.39, 0.29) is 0 Å². The summed E-state index contributed by atoms with van der Waals surface area (Å²) in [5, 5.41) is 8.57. The summed E-state index contributed by atoms with van der Waals surface area (Å²) in [6.45, 7) is 8.46. The van der Waals surface area contributed by atoms with Crippen molar-refractivity contribution in [1.82, 2.24) is 20.0 Å². The van der Waals surface area contributed by atoms with Gasteiger partial charge in [-0.15, -0.1) is 0 Å². The zero-order valence-corrected chi connectivity index (χ0v) is 11.6.